The second-order valence-electron chi connectivity index (χ2n) is 7.69. The number of carbonyl (C=O) groups excluding carboxylic acids is 4. The summed E-state index contributed by atoms with van der Waals surface area (Å²) in [7, 11) is 0. The topological polar surface area (TPSA) is 95.6 Å². The van der Waals surface area contributed by atoms with Crippen molar-refractivity contribution in [3.8, 4) is 0 Å². The molecule has 0 bridgehead atoms. The van der Waals surface area contributed by atoms with E-state index in [4.69, 9.17) is 0 Å². The Balaban J connectivity index is 2.07. The maximum absolute atomic E-state index is 13.1. The molecule has 4 atom stereocenters. The fraction of sp³-hybridized carbons (Fsp3) is 0.545. The van der Waals surface area contributed by atoms with E-state index in [-0.39, 0.29) is 23.6 Å². The van der Waals surface area contributed by atoms with E-state index in [1.807, 2.05) is 44.2 Å². The number of hydrogen-bond acceptors (Lipinski definition) is 4. The van der Waals surface area contributed by atoms with Crippen LogP contribution < -0.4 is 10.6 Å². The first-order valence-electron chi connectivity index (χ1n) is 10.2. The number of rotatable bonds is 9. The van der Waals surface area contributed by atoms with Crippen molar-refractivity contribution in [1.82, 2.24) is 15.5 Å². The summed E-state index contributed by atoms with van der Waals surface area (Å²) in [5.41, 5.74) is 0.951. The second-order valence-corrected chi connectivity index (χ2v) is 7.69. The van der Waals surface area contributed by atoms with Crippen LogP contribution in [0.15, 0.2) is 30.3 Å². The third-order valence-electron chi connectivity index (χ3n) is 5.47. The van der Waals surface area contributed by atoms with Crippen LogP contribution >= 0.6 is 0 Å². The predicted octanol–water partition coefficient (Wildman–Crippen LogP) is 1.45. The molecule has 1 aromatic rings. The number of hydrogen-bond donors (Lipinski definition) is 2. The van der Waals surface area contributed by atoms with E-state index in [1.54, 1.807) is 4.90 Å². The molecular weight excluding hydrogens is 370 g/mol. The van der Waals surface area contributed by atoms with Gasteiger partial charge in [0.05, 0.1) is 6.04 Å². The van der Waals surface area contributed by atoms with Crippen LogP contribution in [0.1, 0.15) is 45.6 Å². The number of nitrogens with one attached hydrogen (secondary N) is 2. The molecule has 0 radical (unpaired) electrons. The van der Waals surface area contributed by atoms with Gasteiger partial charge >= 0.3 is 0 Å². The zero-order valence-corrected chi connectivity index (χ0v) is 17.4. The normalized spacial score (nSPS) is 19.1. The van der Waals surface area contributed by atoms with Crippen molar-refractivity contribution in [1.29, 1.82) is 0 Å². The highest BCUT2D eigenvalue weighted by Gasteiger charge is 2.39. The SMILES string of the molecule is CC[C@H](C)[C@H](NC(C)=O)C(=O)N1CCC[C@H]1C(=O)N[C@H](C=O)Cc1ccccc1. The highest BCUT2D eigenvalue weighted by atomic mass is 16.2. The minimum Gasteiger partial charge on any atom is -0.344 e. The molecule has 1 aromatic carbocycles. The van der Waals surface area contributed by atoms with E-state index in [9.17, 15) is 19.2 Å². The monoisotopic (exact) mass is 401 g/mol. The Morgan fingerprint density at radius 3 is 2.48 bits per heavy atom. The van der Waals surface area contributed by atoms with E-state index in [2.05, 4.69) is 10.6 Å². The van der Waals surface area contributed by atoms with Crippen molar-refractivity contribution in [3.63, 3.8) is 0 Å². The lowest BCUT2D eigenvalue weighted by Crippen LogP contribution is -2.56. The van der Waals surface area contributed by atoms with Crippen molar-refractivity contribution in [2.75, 3.05) is 6.54 Å². The summed E-state index contributed by atoms with van der Waals surface area (Å²) in [4.78, 5) is 50.6. The third kappa shape index (κ3) is 6.14. The lowest BCUT2D eigenvalue weighted by molar-refractivity contribution is -0.142. The number of benzene rings is 1. The van der Waals surface area contributed by atoms with Gasteiger partial charge in [-0.25, -0.2) is 0 Å². The first-order chi connectivity index (χ1) is 13.9. The number of likely N-dealkylation sites (tertiary alicyclic amines) is 1. The van der Waals surface area contributed by atoms with Gasteiger partial charge in [-0.05, 0) is 30.7 Å². The zero-order chi connectivity index (χ0) is 21.4. The average molecular weight is 402 g/mol. The molecule has 29 heavy (non-hydrogen) atoms. The molecular formula is C22H31N3O4. The Hall–Kier alpha value is -2.70. The first-order valence-corrected chi connectivity index (χ1v) is 10.2. The zero-order valence-electron chi connectivity index (χ0n) is 17.4. The Morgan fingerprint density at radius 2 is 1.90 bits per heavy atom. The smallest absolute Gasteiger partial charge is 0.246 e. The van der Waals surface area contributed by atoms with Crippen molar-refractivity contribution >= 4 is 24.0 Å². The highest BCUT2D eigenvalue weighted by molar-refractivity contribution is 5.93. The summed E-state index contributed by atoms with van der Waals surface area (Å²) >= 11 is 0. The van der Waals surface area contributed by atoms with Gasteiger partial charge in [-0.15, -0.1) is 0 Å². The molecule has 3 amide bonds. The fourth-order valence-electron chi connectivity index (χ4n) is 3.66. The van der Waals surface area contributed by atoms with Crippen molar-refractivity contribution in [3.05, 3.63) is 35.9 Å². The molecule has 0 aliphatic carbocycles. The van der Waals surface area contributed by atoms with E-state index in [0.717, 1.165) is 18.3 Å². The number of aldehydes is 1. The summed E-state index contributed by atoms with van der Waals surface area (Å²) in [6.07, 6.45) is 3.11. The molecule has 1 aliphatic rings. The van der Waals surface area contributed by atoms with E-state index in [0.29, 0.717) is 25.8 Å². The van der Waals surface area contributed by atoms with Crippen LogP contribution in [0.25, 0.3) is 0 Å². The van der Waals surface area contributed by atoms with Crippen LogP contribution in [-0.2, 0) is 25.6 Å². The molecule has 0 saturated carbocycles. The third-order valence-corrected chi connectivity index (χ3v) is 5.47. The van der Waals surface area contributed by atoms with Crippen LogP contribution in [-0.4, -0.2) is 53.6 Å². The molecule has 158 valence electrons. The summed E-state index contributed by atoms with van der Waals surface area (Å²) in [6, 6.07) is 7.53. The molecule has 0 spiro atoms. The maximum Gasteiger partial charge on any atom is 0.246 e. The molecule has 0 unspecified atom stereocenters. The van der Waals surface area contributed by atoms with E-state index < -0.39 is 18.1 Å². The Morgan fingerprint density at radius 1 is 1.21 bits per heavy atom. The van der Waals surface area contributed by atoms with Crippen molar-refractivity contribution < 1.29 is 19.2 Å². The van der Waals surface area contributed by atoms with Gasteiger partial charge in [-0.1, -0.05) is 50.6 Å². The van der Waals surface area contributed by atoms with Gasteiger partial charge < -0.3 is 20.3 Å². The Bertz CT molecular complexity index is 722. The van der Waals surface area contributed by atoms with Gasteiger partial charge in [0.25, 0.3) is 0 Å². The van der Waals surface area contributed by atoms with Gasteiger partial charge in [0, 0.05) is 13.5 Å². The van der Waals surface area contributed by atoms with E-state index >= 15 is 0 Å². The van der Waals surface area contributed by atoms with Crippen LogP contribution in [0.5, 0.6) is 0 Å². The van der Waals surface area contributed by atoms with Crippen LogP contribution in [0.4, 0.5) is 0 Å². The Labute approximate surface area is 172 Å². The molecule has 2 rings (SSSR count). The Kier molecular flexibility index (Phi) is 8.36. The van der Waals surface area contributed by atoms with Crippen molar-refractivity contribution in [2.45, 2.75) is 64.6 Å². The van der Waals surface area contributed by atoms with Gasteiger partial charge in [-0.3, -0.25) is 14.4 Å². The lowest BCUT2D eigenvalue weighted by Gasteiger charge is -2.31. The number of nitrogens with zero attached hydrogens (tertiary/aromatic N) is 1. The number of carbonyl (C=O) groups is 4. The number of amides is 3. The minimum atomic E-state index is -0.655. The summed E-state index contributed by atoms with van der Waals surface area (Å²) in [5, 5.41) is 5.51. The molecule has 1 saturated heterocycles. The molecule has 1 fully saturated rings. The van der Waals surface area contributed by atoms with E-state index in [1.165, 1.54) is 6.92 Å². The first kappa shape index (κ1) is 22.6. The largest absolute Gasteiger partial charge is 0.344 e. The van der Waals surface area contributed by atoms with Gasteiger partial charge in [0.1, 0.15) is 18.4 Å². The molecule has 7 nitrogen and oxygen atoms in total. The van der Waals surface area contributed by atoms with Gasteiger partial charge in [0.2, 0.25) is 17.7 Å². The fourth-order valence-corrected chi connectivity index (χ4v) is 3.66. The van der Waals surface area contributed by atoms with Crippen molar-refractivity contribution in [2.24, 2.45) is 5.92 Å². The molecule has 1 heterocycles. The second kappa shape index (κ2) is 10.7. The molecule has 0 aromatic heterocycles. The van der Waals surface area contributed by atoms with Gasteiger partial charge in [0.15, 0.2) is 0 Å². The molecule has 2 N–H and O–H groups in total. The highest BCUT2D eigenvalue weighted by Crippen LogP contribution is 2.21. The van der Waals surface area contributed by atoms with Crippen LogP contribution in [0.3, 0.4) is 0 Å². The van der Waals surface area contributed by atoms with Gasteiger partial charge in [-0.2, -0.15) is 0 Å². The molecule has 1 aliphatic heterocycles. The minimum absolute atomic E-state index is 0.0449. The average Bonchev–Trinajstić information content (AvgIpc) is 3.21. The maximum atomic E-state index is 13.1. The summed E-state index contributed by atoms with van der Waals surface area (Å²) in [6.45, 7) is 5.72. The lowest BCUT2D eigenvalue weighted by atomic mass is 9.97. The summed E-state index contributed by atoms with van der Waals surface area (Å²) in [5.74, 6) is -0.878. The molecule has 7 heteroatoms. The standard InChI is InChI=1S/C22H31N3O4/c1-4-15(2)20(23-16(3)27)22(29)25-12-8-11-19(25)21(28)24-18(14-26)13-17-9-6-5-7-10-17/h5-7,9-10,14-15,18-20H,4,8,11-13H2,1-3H3,(H,23,27)(H,24,28)/t15-,18-,19-,20-/m0/s1. The quantitative estimate of drug-likeness (QED) is 0.612. The summed E-state index contributed by atoms with van der Waals surface area (Å²) < 4.78 is 0. The predicted molar refractivity (Wildman–Crippen MR) is 110 cm³/mol. The van der Waals surface area contributed by atoms with Crippen LogP contribution in [0.2, 0.25) is 0 Å². The van der Waals surface area contributed by atoms with Crippen LogP contribution in [0, 0.1) is 5.92 Å².